The first-order valence-electron chi connectivity index (χ1n) is 6.28. The lowest BCUT2D eigenvalue weighted by molar-refractivity contribution is 0.579. The Morgan fingerprint density at radius 2 is 1.78 bits per heavy atom. The van der Waals surface area contributed by atoms with E-state index in [0.717, 1.165) is 17.6 Å². The molecule has 0 aliphatic carbocycles. The first kappa shape index (κ1) is 14.3. The third-order valence-electron chi connectivity index (χ3n) is 3.19. The van der Waals surface area contributed by atoms with E-state index >= 15 is 0 Å². The fourth-order valence-electron chi connectivity index (χ4n) is 2.22. The lowest BCUT2D eigenvalue weighted by Gasteiger charge is -2.24. The van der Waals surface area contributed by atoms with E-state index in [1.165, 1.54) is 11.1 Å². The van der Waals surface area contributed by atoms with E-state index < -0.39 is 0 Å². The number of benzene rings is 1. The molecule has 0 bridgehead atoms. The van der Waals surface area contributed by atoms with Gasteiger partial charge in [0.1, 0.15) is 0 Å². The van der Waals surface area contributed by atoms with E-state index in [9.17, 15) is 0 Å². The van der Waals surface area contributed by atoms with Gasteiger partial charge in [0.25, 0.3) is 0 Å². The molecule has 0 heterocycles. The first-order valence-corrected chi connectivity index (χ1v) is 6.28. The fraction of sp³-hybridized carbons (Fsp3) is 0.333. The van der Waals surface area contributed by atoms with E-state index in [-0.39, 0.29) is 11.8 Å². The smallest absolute Gasteiger partial charge is 0.0475 e. The van der Waals surface area contributed by atoms with Crippen LogP contribution in [0.5, 0.6) is 0 Å². The average molecular weight is 238 g/mol. The van der Waals surface area contributed by atoms with Gasteiger partial charge < -0.3 is 0 Å². The van der Waals surface area contributed by atoms with Crippen LogP contribution >= 0.6 is 0 Å². The van der Waals surface area contributed by atoms with Crippen molar-refractivity contribution in [3.63, 3.8) is 0 Å². The minimum Gasteiger partial charge on any atom is -0.119 e. The summed E-state index contributed by atoms with van der Waals surface area (Å²) in [6, 6.07) is 8.59. The molecule has 0 aromatic heterocycles. The Morgan fingerprint density at radius 1 is 1.22 bits per heavy atom. The summed E-state index contributed by atoms with van der Waals surface area (Å²) in [6.45, 7) is 14.2. The van der Waals surface area contributed by atoms with E-state index in [0.29, 0.717) is 0 Å². The molecule has 0 fully saturated rings. The molecule has 0 saturated heterocycles. The van der Waals surface area contributed by atoms with Crippen LogP contribution in [0.4, 0.5) is 0 Å². The third-order valence-corrected chi connectivity index (χ3v) is 3.19. The lowest BCUT2D eigenvalue weighted by Crippen LogP contribution is -2.13. The molecule has 1 rings (SSSR count). The molecule has 0 nitrogen and oxygen atoms in total. The predicted octanol–water partition coefficient (Wildman–Crippen LogP) is 4.87. The predicted molar refractivity (Wildman–Crippen MR) is 80.5 cm³/mol. The monoisotopic (exact) mass is 238 g/mol. The molecule has 94 valence electrons. The van der Waals surface area contributed by atoms with E-state index in [1.54, 1.807) is 0 Å². The van der Waals surface area contributed by atoms with Crippen molar-refractivity contribution in [1.29, 1.82) is 0 Å². The zero-order valence-electron chi connectivity index (χ0n) is 11.7. The number of terminal acetylenes is 1. The summed E-state index contributed by atoms with van der Waals surface area (Å²) in [5.41, 5.74) is 4.74. The topological polar surface area (TPSA) is 0 Å². The maximum absolute atomic E-state index is 5.68. The average Bonchev–Trinajstić information content (AvgIpc) is 2.28. The summed E-state index contributed by atoms with van der Waals surface area (Å²) in [7, 11) is 0. The molecule has 0 N–H and O–H groups in total. The highest BCUT2D eigenvalue weighted by molar-refractivity contribution is 5.31. The second-order valence-corrected chi connectivity index (χ2v) is 5.17. The van der Waals surface area contributed by atoms with E-state index in [1.807, 2.05) is 13.8 Å². The zero-order chi connectivity index (χ0) is 13.7. The molecule has 1 aromatic rings. The minimum atomic E-state index is 0.0735. The summed E-state index contributed by atoms with van der Waals surface area (Å²) in [6.07, 6.45) is 6.58. The summed E-state index contributed by atoms with van der Waals surface area (Å²) >= 11 is 0. The maximum Gasteiger partial charge on any atom is 0.0475 e. The number of rotatable bonds is 5. The van der Waals surface area contributed by atoms with Gasteiger partial charge in [0.2, 0.25) is 0 Å². The van der Waals surface area contributed by atoms with Crippen molar-refractivity contribution >= 4 is 0 Å². The maximum atomic E-state index is 5.68. The van der Waals surface area contributed by atoms with Crippen LogP contribution in [0.15, 0.2) is 48.6 Å². The molecule has 1 aromatic carbocycles. The van der Waals surface area contributed by atoms with Gasteiger partial charge in [-0.05, 0) is 32.8 Å². The Bertz CT molecular complexity index is 468. The molecule has 0 saturated carbocycles. The van der Waals surface area contributed by atoms with Gasteiger partial charge >= 0.3 is 0 Å². The number of hydrogen-bond acceptors (Lipinski definition) is 0. The zero-order valence-corrected chi connectivity index (χ0v) is 11.7. The van der Waals surface area contributed by atoms with Crippen LogP contribution in [0.1, 0.15) is 37.3 Å². The molecule has 2 unspecified atom stereocenters. The molecule has 0 aliphatic heterocycles. The van der Waals surface area contributed by atoms with Crippen molar-refractivity contribution < 1.29 is 0 Å². The largest absolute Gasteiger partial charge is 0.119 e. The Hall–Kier alpha value is -1.74. The van der Waals surface area contributed by atoms with Crippen LogP contribution in [0.25, 0.3) is 0 Å². The quantitative estimate of drug-likeness (QED) is 0.507. The minimum absolute atomic E-state index is 0.0735. The van der Waals surface area contributed by atoms with Gasteiger partial charge in [-0.15, -0.1) is 13.0 Å². The highest BCUT2D eigenvalue weighted by atomic mass is 14.2. The van der Waals surface area contributed by atoms with Gasteiger partial charge in [0.05, 0.1) is 0 Å². The van der Waals surface area contributed by atoms with Crippen molar-refractivity contribution in [1.82, 2.24) is 0 Å². The summed E-state index contributed by atoms with van der Waals surface area (Å²) in [5.74, 6) is 3.24. The Kier molecular flexibility index (Phi) is 4.98. The Labute approximate surface area is 111 Å². The van der Waals surface area contributed by atoms with Crippen LogP contribution in [0.2, 0.25) is 0 Å². The van der Waals surface area contributed by atoms with Crippen molar-refractivity contribution in [2.45, 2.75) is 33.1 Å². The Morgan fingerprint density at radius 3 is 2.17 bits per heavy atom. The normalized spacial score (nSPS) is 13.4. The number of aryl methyl sites for hydroxylation is 1. The van der Waals surface area contributed by atoms with Crippen molar-refractivity contribution in [3.05, 3.63) is 59.7 Å². The van der Waals surface area contributed by atoms with E-state index in [4.69, 9.17) is 6.42 Å². The molecule has 18 heavy (non-hydrogen) atoms. The number of hydrogen-bond donors (Lipinski definition) is 0. The SMILES string of the molecule is C#CC(C(=C)C)C(CC(=C)C)c1ccc(C)cc1. The van der Waals surface area contributed by atoms with Crippen molar-refractivity contribution in [2.75, 3.05) is 0 Å². The van der Waals surface area contributed by atoms with Crippen LogP contribution in [-0.2, 0) is 0 Å². The fourth-order valence-corrected chi connectivity index (χ4v) is 2.22. The molecule has 0 heteroatoms. The van der Waals surface area contributed by atoms with Crippen molar-refractivity contribution in [3.8, 4) is 12.3 Å². The third kappa shape index (κ3) is 3.64. The van der Waals surface area contributed by atoms with Gasteiger partial charge in [-0.3, -0.25) is 0 Å². The van der Waals surface area contributed by atoms with Gasteiger partial charge in [0, 0.05) is 11.8 Å². The van der Waals surface area contributed by atoms with Gasteiger partial charge in [-0.25, -0.2) is 0 Å². The van der Waals surface area contributed by atoms with Crippen LogP contribution in [-0.4, -0.2) is 0 Å². The van der Waals surface area contributed by atoms with Gasteiger partial charge in [0.15, 0.2) is 0 Å². The Balaban J connectivity index is 3.12. The molecular weight excluding hydrogens is 216 g/mol. The highest BCUT2D eigenvalue weighted by Gasteiger charge is 2.22. The second-order valence-electron chi connectivity index (χ2n) is 5.17. The molecule has 2 atom stereocenters. The highest BCUT2D eigenvalue weighted by Crippen LogP contribution is 2.34. The molecular formula is C18H22. The molecule has 0 aliphatic rings. The summed E-state index contributed by atoms with van der Waals surface area (Å²) in [5, 5.41) is 0. The second kappa shape index (κ2) is 6.26. The molecule has 0 spiro atoms. The summed E-state index contributed by atoms with van der Waals surface area (Å²) in [4.78, 5) is 0. The van der Waals surface area contributed by atoms with Crippen molar-refractivity contribution in [2.24, 2.45) is 5.92 Å². The standard InChI is InChI=1S/C18H22/c1-7-17(14(4)5)18(12-13(2)3)16-10-8-15(6)9-11-16/h1,8-11,17-18H,2,4,12H2,3,5-6H3. The molecule has 0 amide bonds. The molecule has 0 radical (unpaired) electrons. The van der Waals surface area contributed by atoms with Crippen LogP contribution in [0.3, 0.4) is 0 Å². The van der Waals surface area contributed by atoms with Crippen LogP contribution in [0, 0.1) is 25.2 Å². The number of allylic oxidation sites excluding steroid dienone is 2. The first-order chi connectivity index (χ1) is 8.45. The van der Waals surface area contributed by atoms with E-state index in [2.05, 4.69) is 50.3 Å². The van der Waals surface area contributed by atoms with Gasteiger partial charge in [-0.2, -0.15) is 0 Å². The van der Waals surface area contributed by atoms with Crippen LogP contribution < -0.4 is 0 Å². The lowest BCUT2D eigenvalue weighted by atomic mass is 9.79. The van der Waals surface area contributed by atoms with Gasteiger partial charge in [-0.1, -0.05) is 53.5 Å². The summed E-state index contributed by atoms with van der Waals surface area (Å²) < 4.78 is 0.